The summed E-state index contributed by atoms with van der Waals surface area (Å²) in [5.74, 6) is 1.28. The van der Waals surface area contributed by atoms with E-state index in [1.165, 1.54) is 0 Å². The van der Waals surface area contributed by atoms with Gasteiger partial charge < -0.3 is 10.5 Å². The molecule has 1 aromatic rings. The number of nitrogens with zero attached hydrogens (tertiary/aromatic N) is 1. The number of aromatic nitrogens is 1. The van der Waals surface area contributed by atoms with Crippen LogP contribution in [0.5, 0.6) is 5.88 Å². The average molecular weight is 213 g/mol. The molecule has 0 aromatic carbocycles. The summed E-state index contributed by atoms with van der Waals surface area (Å²) >= 11 is 5.71. The number of nitrogens with two attached hydrogens (primary N) is 1. The van der Waals surface area contributed by atoms with E-state index in [2.05, 4.69) is 4.98 Å². The fourth-order valence-corrected chi connectivity index (χ4v) is 1.68. The van der Waals surface area contributed by atoms with Gasteiger partial charge in [0.2, 0.25) is 5.88 Å². The fourth-order valence-electron chi connectivity index (χ4n) is 1.57. The monoisotopic (exact) mass is 212 g/mol. The SMILES string of the molecule is NCC1CC(Oc2ccc(Cl)cn2)C1. The van der Waals surface area contributed by atoms with Crippen LogP contribution in [0, 0.1) is 5.92 Å². The predicted octanol–water partition coefficient (Wildman–Crippen LogP) is 1.85. The van der Waals surface area contributed by atoms with Gasteiger partial charge in [-0.3, -0.25) is 0 Å². The molecule has 0 atom stereocenters. The molecule has 0 saturated heterocycles. The molecule has 2 N–H and O–H groups in total. The second kappa shape index (κ2) is 4.15. The third kappa shape index (κ3) is 2.16. The fraction of sp³-hybridized carbons (Fsp3) is 0.500. The maximum atomic E-state index is 5.71. The Labute approximate surface area is 88.2 Å². The third-order valence-electron chi connectivity index (χ3n) is 2.51. The normalized spacial score (nSPS) is 25.6. The standard InChI is InChI=1S/C10H13ClN2O/c11-8-1-2-10(13-6-8)14-9-3-7(4-9)5-12/h1-2,6-7,9H,3-5,12H2. The number of hydrogen-bond donors (Lipinski definition) is 1. The number of pyridine rings is 1. The Morgan fingerprint density at radius 3 is 2.86 bits per heavy atom. The van der Waals surface area contributed by atoms with E-state index in [1.807, 2.05) is 0 Å². The lowest BCUT2D eigenvalue weighted by Gasteiger charge is -2.33. The van der Waals surface area contributed by atoms with Crippen molar-refractivity contribution in [3.63, 3.8) is 0 Å². The van der Waals surface area contributed by atoms with E-state index in [9.17, 15) is 0 Å². The smallest absolute Gasteiger partial charge is 0.213 e. The number of rotatable bonds is 3. The highest BCUT2D eigenvalue weighted by Crippen LogP contribution is 2.29. The van der Waals surface area contributed by atoms with E-state index in [1.54, 1.807) is 18.3 Å². The highest BCUT2D eigenvalue weighted by Gasteiger charge is 2.29. The summed E-state index contributed by atoms with van der Waals surface area (Å²) < 4.78 is 5.61. The molecule has 1 aliphatic rings. The van der Waals surface area contributed by atoms with Gasteiger partial charge in [-0.2, -0.15) is 0 Å². The van der Waals surface area contributed by atoms with Gasteiger partial charge in [0.05, 0.1) is 5.02 Å². The lowest BCUT2D eigenvalue weighted by Crippen LogP contribution is -2.37. The maximum Gasteiger partial charge on any atom is 0.213 e. The van der Waals surface area contributed by atoms with Crippen molar-refractivity contribution < 1.29 is 4.74 Å². The van der Waals surface area contributed by atoms with Gasteiger partial charge in [0.25, 0.3) is 0 Å². The second-order valence-corrected chi connectivity index (χ2v) is 4.06. The van der Waals surface area contributed by atoms with E-state index < -0.39 is 0 Å². The molecule has 4 heteroatoms. The molecule has 0 aliphatic heterocycles. The molecule has 1 saturated carbocycles. The lowest BCUT2D eigenvalue weighted by molar-refractivity contribution is 0.0649. The first-order chi connectivity index (χ1) is 6.78. The van der Waals surface area contributed by atoms with Gasteiger partial charge in [-0.15, -0.1) is 0 Å². The Balaban J connectivity index is 1.84. The third-order valence-corrected chi connectivity index (χ3v) is 2.74. The number of halogens is 1. The van der Waals surface area contributed by atoms with Crippen molar-refractivity contribution in [2.24, 2.45) is 11.7 Å². The zero-order valence-corrected chi connectivity index (χ0v) is 8.57. The van der Waals surface area contributed by atoms with Crippen molar-refractivity contribution in [2.75, 3.05) is 6.54 Å². The maximum absolute atomic E-state index is 5.71. The summed E-state index contributed by atoms with van der Waals surface area (Å²) in [4.78, 5) is 4.07. The summed E-state index contributed by atoms with van der Waals surface area (Å²) in [7, 11) is 0. The molecule has 0 unspecified atom stereocenters. The van der Waals surface area contributed by atoms with E-state index in [0.29, 0.717) is 16.8 Å². The van der Waals surface area contributed by atoms with E-state index >= 15 is 0 Å². The molecule has 1 aliphatic carbocycles. The molecule has 3 nitrogen and oxygen atoms in total. The highest BCUT2D eigenvalue weighted by atomic mass is 35.5. The lowest BCUT2D eigenvalue weighted by atomic mass is 9.82. The number of ether oxygens (including phenoxy) is 1. The molecule has 0 radical (unpaired) electrons. The zero-order valence-electron chi connectivity index (χ0n) is 7.82. The minimum absolute atomic E-state index is 0.289. The largest absolute Gasteiger partial charge is 0.474 e. The van der Waals surface area contributed by atoms with Crippen molar-refractivity contribution >= 4 is 11.6 Å². The van der Waals surface area contributed by atoms with Gasteiger partial charge in [0, 0.05) is 12.3 Å². The molecule has 0 spiro atoms. The average Bonchev–Trinajstić information content (AvgIpc) is 2.13. The van der Waals surface area contributed by atoms with Gasteiger partial charge in [0.15, 0.2) is 0 Å². The molecule has 1 aromatic heterocycles. The Hall–Kier alpha value is -0.800. The van der Waals surface area contributed by atoms with Crippen LogP contribution < -0.4 is 10.5 Å². The summed E-state index contributed by atoms with van der Waals surface area (Å²) in [5.41, 5.74) is 5.52. The van der Waals surface area contributed by atoms with Crippen molar-refractivity contribution in [2.45, 2.75) is 18.9 Å². The van der Waals surface area contributed by atoms with Gasteiger partial charge in [0.1, 0.15) is 6.10 Å². The molecular weight excluding hydrogens is 200 g/mol. The Kier molecular flexibility index (Phi) is 2.89. The molecule has 2 rings (SSSR count). The van der Waals surface area contributed by atoms with Crippen molar-refractivity contribution in [3.8, 4) is 5.88 Å². The summed E-state index contributed by atoms with van der Waals surface area (Å²) in [6.07, 6.45) is 3.97. The van der Waals surface area contributed by atoms with Gasteiger partial charge in [-0.05, 0) is 31.4 Å². The summed E-state index contributed by atoms with van der Waals surface area (Å²) in [5, 5.41) is 0.630. The first kappa shape index (κ1) is 9.74. The first-order valence-electron chi connectivity index (χ1n) is 4.76. The summed E-state index contributed by atoms with van der Waals surface area (Å²) in [6.45, 7) is 0.758. The number of hydrogen-bond acceptors (Lipinski definition) is 3. The highest BCUT2D eigenvalue weighted by molar-refractivity contribution is 6.30. The van der Waals surface area contributed by atoms with Crippen LogP contribution in [0.4, 0.5) is 0 Å². The molecule has 1 fully saturated rings. The van der Waals surface area contributed by atoms with Crippen LogP contribution in [0.15, 0.2) is 18.3 Å². The predicted molar refractivity (Wildman–Crippen MR) is 55.4 cm³/mol. The van der Waals surface area contributed by atoms with Crippen molar-refractivity contribution in [1.29, 1.82) is 0 Å². The van der Waals surface area contributed by atoms with Crippen LogP contribution in [-0.4, -0.2) is 17.6 Å². The molecule has 1 heterocycles. The van der Waals surface area contributed by atoms with Crippen LogP contribution in [0.2, 0.25) is 5.02 Å². The van der Waals surface area contributed by atoms with Gasteiger partial charge in [-0.1, -0.05) is 11.6 Å². The van der Waals surface area contributed by atoms with Crippen molar-refractivity contribution in [3.05, 3.63) is 23.4 Å². The van der Waals surface area contributed by atoms with Crippen LogP contribution in [-0.2, 0) is 0 Å². The molecule has 0 bridgehead atoms. The molecule has 76 valence electrons. The minimum atomic E-state index is 0.289. The quantitative estimate of drug-likeness (QED) is 0.832. The minimum Gasteiger partial charge on any atom is -0.474 e. The topological polar surface area (TPSA) is 48.1 Å². The van der Waals surface area contributed by atoms with E-state index in [4.69, 9.17) is 22.1 Å². The van der Waals surface area contributed by atoms with E-state index in [-0.39, 0.29) is 6.10 Å². The van der Waals surface area contributed by atoms with Crippen LogP contribution in [0.3, 0.4) is 0 Å². The van der Waals surface area contributed by atoms with Crippen molar-refractivity contribution in [1.82, 2.24) is 4.98 Å². The van der Waals surface area contributed by atoms with Crippen LogP contribution in [0.1, 0.15) is 12.8 Å². The first-order valence-corrected chi connectivity index (χ1v) is 5.14. The Bertz CT molecular complexity index is 295. The van der Waals surface area contributed by atoms with E-state index in [0.717, 1.165) is 19.4 Å². The Morgan fingerprint density at radius 1 is 1.50 bits per heavy atom. The van der Waals surface area contributed by atoms with Crippen LogP contribution in [0.25, 0.3) is 0 Å². The molecule has 14 heavy (non-hydrogen) atoms. The Morgan fingerprint density at radius 2 is 2.29 bits per heavy atom. The van der Waals surface area contributed by atoms with Crippen LogP contribution >= 0.6 is 11.6 Å². The second-order valence-electron chi connectivity index (χ2n) is 3.63. The molecular formula is C10H13ClN2O. The van der Waals surface area contributed by atoms with Gasteiger partial charge >= 0.3 is 0 Å². The van der Waals surface area contributed by atoms with Gasteiger partial charge in [-0.25, -0.2) is 4.98 Å². The zero-order chi connectivity index (χ0) is 9.97. The molecule has 0 amide bonds. The summed E-state index contributed by atoms with van der Waals surface area (Å²) in [6, 6.07) is 3.57.